The number of likely N-dealkylation sites (tertiary alicyclic amines) is 1. The molecule has 0 atom stereocenters. The van der Waals surface area contributed by atoms with E-state index in [1.807, 2.05) is 47.4 Å². The Morgan fingerprint density at radius 3 is 2.52 bits per heavy atom. The maximum absolute atomic E-state index is 12.9. The second kappa shape index (κ2) is 8.19. The van der Waals surface area contributed by atoms with Crippen molar-refractivity contribution < 1.29 is 4.79 Å². The Balaban J connectivity index is 1.20. The molecule has 2 aliphatic heterocycles. The highest BCUT2D eigenvalue weighted by atomic mass is 32.1. The summed E-state index contributed by atoms with van der Waals surface area (Å²) < 4.78 is 0. The molecule has 2 aromatic rings. The fourth-order valence-corrected chi connectivity index (χ4v) is 6.27. The predicted molar refractivity (Wildman–Crippen MR) is 118 cm³/mol. The fourth-order valence-electron chi connectivity index (χ4n) is 5.00. The van der Waals surface area contributed by atoms with Crippen LogP contribution >= 0.6 is 11.3 Å². The third-order valence-electron chi connectivity index (χ3n) is 7.15. The summed E-state index contributed by atoms with van der Waals surface area (Å²) in [5.74, 6) is 0.711. The van der Waals surface area contributed by atoms with E-state index >= 15 is 0 Å². The van der Waals surface area contributed by atoms with Gasteiger partial charge in [-0.3, -0.25) is 9.69 Å². The third kappa shape index (κ3) is 3.87. The molecule has 29 heavy (non-hydrogen) atoms. The zero-order chi connectivity index (χ0) is 19.8. The van der Waals surface area contributed by atoms with Crippen LogP contribution in [0.5, 0.6) is 0 Å². The van der Waals surface area contributed by atoms with Crippen LogP contribution in [0.1, 0.15) is 69.5 Å². The van der Waals surface area contributed by atoms with Gasteiger partial charge < -0.3 is 4.90 Å². The second-order valence-corrected chi connectivity index (χ2v) is 10.0. The molecule has 0 N–H and O–H groups in total. The van der Waals surface area contributed by atoms with E-state index in [4.69, 9.17) is 4.98 Å². The molecular formula is C24H31N3OS. The molecule has 4 nitrogen and oxygen atoms in total. The molecule has 1 aromatic heterocycles. The number of benzene rings is 1. The number of thiazole rings is 1. The van der Waals surface area contributed by atoms with E-state index < -0.39 is 0 Å². The summed E-state index contributed by atoms with van der Waals surface area (Å²) >= 11 is 1.96. The highest BCUT2D eigenvalue weighted by Crippen LogP contribution is 2.35. The van der Waals surface area contributed by atoms with E-state index in [2.05, 4.69) is 4.90 Å². The van der Waals surface area contributed by atoms with E-state index in [1.54, 1.807) is 0 Å². The summed E-state index contributed by atoms with van der Waals surface area (Å²) in [4.78, 5) is 24.3. The molecule has 1 saturated carbocycles. The number of aryl methyl sites for hydroxylation is 1. The van der Waals surface area contributed by atoms with E-state index in [0.29, 0.717) is 5.92 Å². The molecule has 1 amide bonds. The molecule has 1 aliphatic carbocycles. The molecule has 2 fully saturated rings. The van der Waals surface area contributed by atoms with Gasteiger partial charge in [0.05, 0.1) is 10.7 Å². The Kier molecular flexibility index (Phi) is 5.44. The first-order valence-corrected chi connectivity index (χ1v) is 12.1. The van der Waals surface area contributed by atoms with Crippen LogP contribution in [-0.4, -0.2) is 52.9 Å². The Morgan fingerprint density at radius 2 is 1.79 bits per heavy atom. The van der Waals surface area contributed by atoms with Crippen molar-refractivity contribution >= 4 is 17.2 Å². The molecule has 0 spiro atoms. The molecular weight excluding hydrogens is 378 g/mol. The van der Waals surface area contributed by atoms with Crippen molar-refractivity contribution in [3.8, 4) is 0 Å². The lowest BCUT2D eigenvalue weighted by Gasteiger charge is -2.36. The van der Waals surface area contributed by atoms with Crippen LogP contribution in [0.4, 0.5) is 0 Å². The number of hydrogen-bond acceptors (Lipinski definition) is 4. The van der Waals surface area contributed by atoms with Gasteiger partial charge >= 0.3 is 0 Å². The van der Waals surface area contributed by atoms with Crippen molar-refractivity contribution in [3.63, 3.8) is 0 Å². The first-order valence-electron chi connectivity index (χ1n) is 11.3. The second-order valence-electron chi connectivity index (χ2n) is 8.92. The van der Waals surface area contributed by atoms with Gasteiger partial charge in [0.25, 0.3) is 5.91 Å². The van der Waals surface area contributed by atoms with E-state index in [0.717, 1.165) is 49.5 Å². The van der Waals surface area contributed by atoms with Crippen LogP contribution in [0.25, 0.3) is 0 Å². The summed E-state index contributed by atoms with van der Waals surface area (Å²) in [6, 6.07) is 8.78. The largest absolute Gasteiger partial charge is 0.339 e. The molecule has 0 radical (unpaired) electrons. The Hall–Kier alpha value is -1.72. The van der Waals surface area contributed by atoms with Crippen LogP contribution in [0.15, 0.2) is 24.3 Å². The summed E-state index contributed by atoms with van der Waals surface area (Å²) in [6.07, 6.45) is 8.58. The summed E-state index contributed by atoms with van der Waals surface area (Å²) in [6.45, 7) is 6.11. The van der Waals surface area contributed by atoms with Gasteiger partial charge in [-0.2, -0.15) is 0 Å². The van der Waals surface area contributed by atoms with Crippen molar-refractivity contribution in [2.75, 3.05) is 26.2 Å². The van der Waals surface area contributed by atoms with E-state index in [-0.39, 0.29) is 5.91 Å². The first-order chi connectivity index (χ1) is 14.2. The smallest absolute Gasteiger partial charge is 0.254 e. The normalized spacial score (nSPS) is 21.5. The number of carbonyl (C=O) groups is 1. The highest BCUT2D eigenvalue weighted by molar-refractivity contribution is 7.11. The monoisotopic (exact) mass is 409 g/mol. The van der Waals surface area contributed by atoms with Gasteiger partial charge in [-0.25, -0.2) is 4.98 Å². The van der Waals surface area contributed by atoms with Crippen LogP contribution in [-0.2, 0) is 12.8 Å². The average Bonchev–Trinajstić information content (AvgIpc) is 3.02. The number of carbonyl (C=O) groups excluding carboxylic acids is 1. The standard InChI is InChI=1S/C24H31N3OS/c1-17-5-2-3-8-20(17)24(28)27-13-9-18(10-14-27)23-25-21-11-15-26(19-6-4-7-19)16-12-22(21)29-23/h2-3,5,8,18-19H,4,6-7,9-16H2,1H3. The zero-order valence-electron chi connectivity index (χ0n) is 17.4. The maximum atomic E-state index is 12.9. The first kappa shape index (κ1) is 19.3. The number of piperidine rings is 1. The van der Waals surface area contributed by atoms with E-state index in [9.17, 15) is 4.79 Å². The lowest BCUT2D eigenvalue weighted by Crippen LogP contribution is -2.41. The van der Waals surface area contributed by atoms with Gasteiger partial charge in [0.15, 0.2) is 0 Å². The summed E-state index contributed by atoms with van der Waals surface area (Å²) in [7, 11) is 0. The lowest BCUT2D eigenvalue weighted by molar-refractivity contribution is 0.0712. The minimum atomic E-state index is 0.188. The van der Waals surface area contributed by atoms with Gasteiger partial charge in [0, 0.05) is 55.0 Å². The van der Waals surface area contributed by atoms with Crippen LogP contribution < -0.4 is 0 Å². The van der Waals surface area contributed by atoms with Crippen molar-refractivity contribution in [2.24, 2.45) is 0 Å². The molecule has 3 heterocycles. The number of nitrogens with zero attached hydrogens (tertiary/aromatic N) is 3. The van der Waals surface area contributed by atoms with Crippen LogP contribution in [0.3, 0.4) is 0 Å². The van der Waals surface area contributed by atoms with E-state index in [1.165, 1.54) is 54.4 Å². The minimum absolute atomic E-state index is 0.188. The van der Waals surface area contributed by atoms with Gasteiger partial charge in [-0.05, 0) is 50.7 Å². The van der Waals surface area contributed by atoms with Gasteiger partial charge in [-0.1, -0.05) is 24.6 Å². The highest BCUT2D eigenvalue weighted by Gasteiger charge is 2.30. The minimum Gasteiger partial charge on any atom is -0.339 e. The molecule has 1 saturated heterocycles. The van der Waals surface area contributed by atoms with Crippen molar-refractivity contribution in [1.82, 2.24) is 14.8 Å². The maximum Gasteiger partial charge on any atom is 0.254 e. The molecule has 3 aliphatic rings. The Morgan fingerprint density at radius 1 is 1.03 bits per heavy atom. The van der Waals surface area contributed by atoms with Gasteiger partial charge in [0.1, 0.15) is 0 Å². The molecule has 5 rings (SSSR count). The number of fused-ring (bicyclic) bond motifs is 1. The topological polar surface area (TPSA) is 36.4 Å². The SMILES string of the molecule is Cc1ccccc1C(=O)N1CCC(c2nc3c(s2)CCN(C2CCC2)CC3)CC1. The van der Waals surface area contributed by atoms with Gasteiger partial charge in [0.2, 0.25) is 0 Å². The molecule has 5 heteroatoms. The molecule has 0 bridgehead atoms. The number of aromatic nitrogens is 1. The fraction of sp³-hybridized carbons (Fsp3) is 0.583. The molecule has 0 unspecified atom stereocenters. The Bertz CT molecular complexity index is 855. The van der Waals surface area contributed by atoms with Crippen molar-refractivity contribution in [2.45, 2.75) is 63.8 Å². The third-order valence-corrected chi connectivity index (χ3v) is 8.47. The molecule has 154 valence electrons. The summed E-state index contributed by atoms with van der Waals surface area (Å²) in [5, 5.41) is 1.33. The number of hydrogen-bond donors (Lipinski definition) is 0. The predicted octanol–water partition coefficient (Wildman–Crippen LogP) is 4.42. The quantitative estimate of drug-likeness (QED) is 0.753. The number of amides is 1. The summed E-state index contributed by atoms with van der Waals surface area (Å²) in [5.41, 5.74) is 3.28. The van der Waals surface area contributed by atoms with Crippen LogP contribution in [0.2, 0.25) is 0 Å². The van der Waals surface area contributed by atoms with Crippen molar-refractivity contribution in [1.29, 1.82) is 0 Å². The van der Waals surface area contributed by atoms with Crippen molar-refractivity contribution in [3.05, 3.63) is 51.0 Å². The zero-order valence-corrected chi connectivity index (χ0v) is 18.2. The Labute approximate surface area is 177 Å². The molecule has 1 aromatic carbocycles. The lowest BCUT2D eigenvalue weighted by atomic mass is 9.91. The van der Waals surface area contributed by atoms with Crippen LogP contribution in [0, 0.1) is 6.92 Å². The number of rotatable bonds is 3. The average molecular weight is 410 g/mol. The van der Waals surface area contributed by atoms with Gasteiger partial charge in [-0.15, -0.1) is 11.3 Å².